The number of ketones is 2. The maximum Gasteiger partial charge on any atom is 0.152 e. The van der Waals surface area contributed by atoms with Crippen LogP contribution >= 0.6 is 0 Å². The molecule has 100 valence electrons. The third kappa shape index (κ3) is 6.57. The van der Waals surface area contributed by atoms with Gasteiger partial charge in [0.05, 0.1) is 6.04 Å². The quantitative estimate of drug-likeness (QED) is 0.710. The van der Waals surface area contributed by atoms with Crippen molar-refractivity contribution >= 4 is 11.6 Å². The van der Waals surface area contributed by atoms with Gasteiger partial charge in [-0.15, -0.1) is 0 Å². The molecule has 0 rings (SSSR count). The van der Waals surface area contributed by atoms with Crippen molar-refractivity contribution in [1.29, 1.82) is 0 Å². The number of rotatable bonds is 8. The largest absolute Gasteiger partial charge is 0.305 e. The SMILES string of the molecule is CC(C)NC(CCC(=O)C(C)C)C(=O)C(C)C. The topological polar surface area (TPSA) is 46.2 Å². The maximum atomic E-state index is 12.0. The summed E-state index contributed by atoms with van der Waals surface area (Å²) in [6.45, 7) is 11.6. The van der Waals surface area contributed by atoms with E-state index in [1.54, 1.807) is 0 Å². The van der Waals surface area contributed by atoms with Crippen LogP contribution < -0.4 is 5.32 Å². The predicted octanol–water partition coefficient (Wildman–Crippen LogP) is 2.58. The monoisotopic (exact) mass is 241 g/mol. The molecule has 17 heavy (non-hydrogen) atoms. The number of hydrogen-bond acceptors (Lipinski definition) is 3. The van der Waals surface area contributed by atoms with Crippen LogP contribution in [0, 0.1) is 11.8 Å². The van der Waals surface area contributed by atoms with E-state index in [1.165, 1.54) is 0 Å². The highest BCUT2D eigenvalue weighted by Crippen LogP contribution is 2.10. The highest BCUT2D eigenvalue weighted by molar-refractivity contribution is 5.87. The minimum atomic E-state index is -0.183. The molecular weight excluding hydrogens is 214 g/mol. The van der Waals surface area contributed by atoms with Gasteiger partial charge in [-0.25, -0.2) is 0 Å². The molecule has 0 radical (unpaired) electrons. The molecule has 0 aliphatic heterocycles. The zero-order valence-corrected chi connectivity index (χ0v) is 12.0. The Morgan fingerprint density at radius 3 is 1.82 bits per heavy atom. The first-order valence-corrected chi connectivity index (χ1v) is 6.58. The second kappa shape index (κ2) is 7.59. The summed E-state index contributed by atoms with van der Waals surface area (Å²) in [7, 11) is 0. The normalized spacial score (nSPS) is 13.5. The van der Waals surface area contributed by atoms with Crippen LogP contribution in [0.4, 0.5) is 0 Å². The van der Waals surface area contributed by atoms with Crippen LogP contribution in [-0.2, 0) is 9.59 Å². The molecule has 3 nitrogen and oxygen atoms in total. The molecule has 0 aliphatic carbocycles. The van der Waals surface area contributed by atoms with Gasteiger partial charge >= 0.3 is 0 Å². The molecule has 1 N–H and O–H groups in total. The van der Waals surface area contributed by atoms with Gasteiger partial charge in [0, 0.05) is 24.3 Å². The Labute approximate surface area is 105 Å². The summed E-state index contributed by atoms with van der Waals surface area (Å²) < 4.78 is 0. The second-order valence-corrected chi connectivity index (χ2v) is 5.59. The van der Waals surface area contributed by atoms with E-state index in [0.717, 1.165) is 0 Å². The third-order valence-electron chi connectivity index (χ3n) is 2.77. The van der Waals surface area contributed by atoms with Gasteiger partial charge in [0.1, 0.15) is 5.78 Å². The van der Waals surface area contributed by atoms with Gasteiger partial charge in [-0.1, -0.05) is 41.5 Å². The van der Waals surface area contributed by atoms with E-state index < -0.39 is 0 Å². The molecule has 0 aliphatic rings. The molecule has 3 heteroatoms. The Morgan fingerprint density at radius 2 is 1.47 bits per heavy atom. The average Bonchev–Trinajstić information content (AvgIpc) is 2.21. The van der Waals surface area contributed by atoms with Crippen LogP contribution in [0.1, 0.15) is 54.4 Å². The Kier molecular flexibility index (Phi) is 7.28. The van der Waals surface area contributed by atoms with Crippen LogP contribution in [0.3, 0.4) is 0 Å². The van der Waals surface area contributed by atoms with Crippen molar-refractivity contribution < 1.29 is 9.59 Å². The summed E-state index contributed by atoms with van der Waals surface area (Å²) in [5.41, 5.74) is 0. The van der Waals surface area contributed by atoms with E-state index in [1.807, 2.05) is 41.5 Å². The van der Waals surface area contributed by atoms with Gasteiger partial charge in [0.25, 0.3) is 0 Å². The standard InChI is InChI=1S/C14H27NO2/c1-9(2)13(16)8-7-12(15-11(5)6)14(17)10(3)4/h9-12,15H,7-8H2,1-6H3. The lowest BCUT2D eigenvalue weighted by Crippen LogP contribution is -2.43. The molecular formula is C14H27NO2. The Bertz CT molecular complexity index is 257. The summed E-state index contributed by atoms with van der Waals surface area (Å²) >= 11 is 0. The van der Waals surface area contributed by atoms with Gasteiger partial charge in [-0.05, 0) is 6.42 Å². The fourth-order valence-corrected chi connectivity index (χ4v) is 1.69. The molecule has 1 unspecified atom stereocenters. The van der Waals surface area contributed by atoms with E-state index in [9.17, 15) is 9.59 Å². The van der Waals surface area contributed by atoms with Gasteiger partial charge in [-0.2, -0.15) is 0 Å². The van der Waals surface area contributed by atoms with Gasteiger partial charge in [0.2, 0.25) is 0 Å². The molecule has 0 aromatic carbocycles. The highest BCUT2D eigenvalue weighted by atomic mass is 16.1. The number of carbonyl (C=O) groups is 2. The summed E-state index contributed by atoms with van der Waals surface area (Å²) in [6.07, 6.45) is 1.10. The molecule has 0 saturated carbocycles. The first-order chi connectivity index (χ1) is 7.75. The van der Waals surface area contributed by atoms with E-state index >= 15 is 0 Å². The maximum absolute atomic E-state index is 12.0. The van der Waals surface area contributed by atoms with Crippen LogP contribution in [-0.4, -0.2) is 23.7 Å². The van der Waals surface area contributed by atoms with Crippen molar-refractivity contribution in [2.75, 3.05) is 0 Å². The number of Topliss-reactive ketones (excluding diaryl/α,β-unsaturated/α-hetero) is 2. The van der Waals surface area contributed by atoms with Crippen molar-refractivity contribution in [3.63, 3.8) is 0 Å². The number of nitrogens with one attached hydrogen (secondary N) is 1. The average molecular weight is 241 g/mol. The first kappa shape index (κ1) is 16.3. The summed E-state index contributed by atoms with van der Waals surface area (Å²) in [4.78, 5) is 23.6. The lowest BCUT2D eigenvalue weighted by atomic mass is 9.94. The Morgan fingerprint density at radius 1 is 0.941 bits per heavy atom. The number of hydrogen-bond donors (Lipinski definition) is 1. The zero-order valence-electron chi connectivity index (χ0n) is 12.0. The van der Waals surface area contributed by atoms with E-state index in [0.29, 0.717) is 12.8 Å². The Balaban J connectivity index is 4.39. The minimum Gasteiger partial charge on any atom is -0.305 e. The van der Waals surface area contributed by atoms with E-state index in [2.05, 4.69) is 5.32 Å². The molecule has 0 amide bonds. The molecule has 0 fully saturated rings. The molecule has 0 heterocycles. The van der Waals surface area contributed by atoms with Crippen molar-refractivity contribution in [3.8, 4) is 0 Å². The minimum absolute atomic E-state index is 0.0143. The Hall–Kier alpha value is -0.700. The summed E-state index contributed by atoms with van der Waals surface area (Å²) in [5.74, 6) is 0.511. The molecule has 0 saturated heterocycles. The second-order valence-electron chi connectivity index (χ2n) is 5.59. The van der Waals surface area contributed by atoms with Crippen molar-refractivity contribution in [3.05, 3.63) is 0 Å². The lowest BCUT2D eigenvalue weighted by molar-refractivity contribution is -0.125. The van der Waals surface area contributed by atoms with Crippen LogP contribution in [0.25, 0.3) is 0 Å². The molecule has 1 atom stereocenters. The molecule has 0 bridgehead atoms. The highest BCUT2D eigenvalue weighted by Gasteiger charge is 2.22. The van der Waals surface area contributed by atoms with Gasteiger partial charge in [-0.3, -0.25) is 9.59 Å². The predicted molar refractivity (Wildman–Crippen MR) is 71.0 cm³/mol. The van der Waals surface area contributed by atoms with E-state index in [-0.39, 0.29) is 35.5 Å². The van der Waals surface area contributed by atoms with Crippen LogP contribution in [0.15, 0.2) is 0 Å². The fourth-order valence-electron chi connectivity index (χ4n) is 1.69. The van der Waals surface area contributed by atoms with Crippen LogP contribution in [0.5, 0.6) is 0 Å². The van der Waals surface area contributed by atoms with Gasteiger partial charge in [0.15, 0.2) is 5.78 Å². The van der Waals surface area contributed by atoms with Crippen molar-refractivity contribution in [2.24, 2.45) is 11.8 Å². The van der Waals surface area contributed by atoms with E-state index in [4.69, 9.17) is 0 Å². The van der Waals surface area contributed by atoms with Crippen molar-refractivity contribution in [2.45, 2.75) is 66.5 Å². The molecule has 0 aromatic heterocycles. The summed E-state index contributed by atoms with van der Waals surface area (Å²) in [6, 6.07) is 0.0783. The van der Waals surface area contributed by atoms with Crippen LogP contribution in [0.2, 0.25) is 0 Å². The molecule has 0 aromatic rings. The smallest absolute Gasteiger partial charge is 0.152 e. The zero-order chi connectivity index (χ0) is 13.6. The number of carbonyl (C=O) groups excluding carboxylic acids is 2. The molecule has 0 spiro atoms. The third-order valence-corrected chi connectivity index (χ3v) is 2.77. The summed E-state index contributed by atoms with van der Waals surface area (Å²) in [5, 5.41) is 3.25. The fraction of sp³-hybridized carbons (Fsp3) is 0.857. The van der Waals surface area contributed by atoms with Crippen molar-refractivity contribution in [1.82, 2.24) is 5.32 Å². The lowest BCUT2D eigenvalue weighted by Gasteiger charge is -2.22. The van der Waals surface area contributed by atoms with Gasteiger partial charge < -0.3 is 5.32 Å². The first-order valence-electron chi connectivity index (χ1n) is 6.58.